The van der Waals surface area contributed by atoms with E-state index in [9.17, 15) is 9.59 Å². The Balaban J connectivity index is 3.17. The average molecular weight is 192 g/mol. The molecule has 2 rings (SSSR count). The van der Waals surface area contributed by atoms with Gasteiger partial charge in [-0.05, 0) is 9.98 Å². The first-order valence-corrected chi connectivity index (χ1v) is 3.62. The molecule has 1 aromatic rings. The molecule has 0 radical (unpaired) electrons. The molecular weight excluding hydrogens is 188 g/mol. The van der Waals surface area contributed by atoms with Gasteiger partial charge in [-0.3, -0.25) is 14.3 Å². The predicted molar refractivity (Wildman–Crippen MR) is 43.2 cm³/mol. The van der Waals surface area contributed by atoms with Gasteiger partial charge in [0.15, 0.2) is 0 Å². The van der Waals surface area contributed by atoms with Gasteiger partial charge in [-0.25, -0.2) is 4.79 Å². The number of hydrogen-bond acceptors (Lipinski definition) is 2. The fraction of sp³-hybridized carbons (Fsp3) is 0.167. The van der Waals surface area contributed by atoms with Gasteiger partial charge in [-0.2, -0.15) is 0 Å². The highest BCUT2D eigenvalue weighted by Gasteiger charge is 2.20. The van der Waals surface area contributed by atoms with Crippen LogP contribution in [0.15, 0.2) is 19.6 Å². The average Bonchev–Trinajstić information content (AvgIpc) is 2.58. The van der Waals surface area contributed by atoms with Crippen LogP contribution in [0.5, 0.6) is 0 Å². The van der Waals surface area contributed by atoms with Crippen LogP contribution in [0.4, 0.5) is 0 Å². The second-order valence-electron chi connectivity index (χ2n) is 2.61. The summed E-state index contributed by atoms with van der Waals surface area (Å²) in [6.07, 6.45) is 0. The van der Waals surface area contributed by atoms with Crippen LogP contribution in [0.25, 0.3) is 5.53 Å². The summed E-state index contributed by atoms with van der Waals surface area (Å²) < 4.78 is 1.11. The minimum absolute atomic E-state index is 0.0279. The summed E-state index contributed by atoms with van der Waals surface area (Å²) in [5, 5.41) is -0.0279. The molecule has 0 saturated heterocycles. The van der Waals surface area contributed by atoms with Crippen molar-refractivity contribution >= 4 is 5.96 Å². The molecule has 0 unspecified atom stereocenters. The summed E-state index contributed by atoms with van der Waals surface area (Å²) in [5.74, 6) is -0.244. The molecule has 8 heteroatoms. The number of nitrogens with one attached hydrogen (secondary N) is 1. The summed E-state index contributed by atoms with van der Waals surface area (Å²) in [5.41, 5.74) is 7.24. The Labute approximate surface area is 75.5 Å². The molecule has 14 heavy (non-hydrogen) atoms. The summed E-state index contributed by atoms with van der Waals surface area (Å²) in [6, 6.07) is 0. The number of nitrogens with zero attached hydrogens (tertiary/aromatic N) is 5. The standard InChI is InChI=1S/C6H4N6O2/c1-12-3-2(4(13)10-6(12)14)8-5(9-3)11-7/h1H3,(H,10,13,14). The lowest BCUT2D eigenvalue weighted by Gasteiger charge is -1.88. The van der Waals surface area contributed by atoms with E-state index in [-0.39, 0.29) is 16.8 Å². The van der Waals surface area contributed by atoms with Crippen molar-refractivity contribution in [3.8, 4) is 0 Å². The summed E-state index contributed by atoms with van der Waals surface area (Å²) in [6.45, 7) is 0. The Hall–Kier alpha value is -2.34. The maximum atomic E-state index is 11.2. The summed E-state index contributed by atoms with van der Waals surface area (Å²) in [7, 11) is 1.43. The number of aromatic nitrogens is 2. The van der Waals surface area contributed by atoms with E-state index in [1.165, 1.54) is 7.05 Å². The number of hydrogen-bond donors (Lipinski definition) is 1. The molecule has 1 aliphatic rings. The third kappa shape index (κ3) is 0.947. The molecular formula is C6H4N6O2. The largest absolute Gasteiger partial charge is 0.542 e. The highest BCUT2D eigenvalue weighted by atomic mass is 16.2. The maximum Gasteiger partial charge on any atom is 0.509 e. The fourth-order valence-electron chi connectivity index (χ4n) is 1.09. The Kier molecular flexibility index (Phi) is 1.52. The van der Waals surface area contributed by atoms with E-state index in [0.29, 0.717) is 0 Å². The number of aromatic amines is 1. The Morgan fingerprint density at radius 1 is 1.43 bits per heavy atom. The molecule has 70 valence electrons. The topological polar surface area (TPSA) is 116 Å². The fourth-order valence-corrected chi connectivity index (χ4v) is 1.09. The Morgan fingerprint density at radius 3 is 2.79 bits per heavy atom. The molecule has 0 bridgehead atoms. The van der Waals surface area contributed by atoms with Crippen LogP contribution in [-0.4, -0.2) is 20.3 Å². The minimum atomic E-state index is -0.648. The third-order valence-electron chi connectivity index (χ3n) is 1.78. The van der Waals surface area contributed by atoms with Crippen LogP contribution >= 0.6 is 0 Å². The van der Waals surface area contributed by atoms with Gasteiger partial charge in [0, 0.05) is 7.05 Å². The van der Waals surface area contributed by atoms with Crippen molar-refractivity contribution in [3.63, 3.8) is 0 Å². The van der Waals surface area contributed by atoms with E-state index in [2.05, 4.69) is 14.8 Å². The molecule has 1 aromatic heterocycles. The molecule has 0 fully saturated rings. The normalized spacial score (nSPS) is 12.8. The molecule has 0 aliphatic carbocycles. The number of rotatable bonds is 0. The maximum absolute atomic E-state index is 11.2. The van der Waals surface area contributed by atoms with Gasteiger partial charge in [0.05, 0.1) is 0 Å². The molecule has 1 aliphatic heterocycles. The summed E-state index contributed by atoms with van der Waals surface area (Å²) >= 11 is 0. The van der Waals surface area contributed by atoms with Crippen molar-refractivity contribution in [2.75, 3.05) is 0 Å². The van der Waals surface area contributed by atoms with Gasteiger partial charge in [-0.15, -0.1) is 0 Å². The molecule has 0 spiro atoms. The van der Waals surface area contributed by atoms with E-state index >= 15 is 0 Å². The van der Waals surface area contributed by atoms with Crippen LogP contribution in [0.3, 0.4) is 0 Å². The van der Waals surface area contributed by atoms with E-state index in [1.54, 1.807) is 0 Å². The van der Waals surface area contributed by atoms with Crippen LogP contribution in [0.2, 0.25) is 0 Å². The third-order valence-corrected chi connectivity index (χ3v) is 1.78. The van der Waals surface area contributed by atoms with Crippen LogP contribution in [-0.2, 0) is 7.05 Å². The van der Waals surface area contributed by atoms with Crippen molar-refractivity contribution in [2.24, 2.45) is 17.0 Å². The molecule has 2 heterocycles. The SMILES string of the molecule is Cn1c(=O)[nH]c(=O)c2c1=NC(=[N+]=[N-])N=2. The zero-order valence-electron chi connectivity index (χ0n) is 7.05. The van der Waals surface area contributed by atoms with Gasteiger partial charge in [-0.1, -0.05) is 0 Å². The minimum Gasteiger partial charge on any atom is -0.542 e. The van der Waals surface area contributed by atoms with Crippen LogP contribution in [0.1, 0.15) is 0 Å². The van der Waals surface area contributed by atoms with Crippen molar-refractivity contribution in [2.45, 2.75) is 0 Å². The molecule has 1 N–H and O–H groups in total. The lowest BCUT2D eigenvalue weighted by molar-refractivity contribution is -0.00842. The Morgan fingerprint density at radius 2 is 2.14 bits per heavy atom. The first-order chi connectivity index (χ1) is 6.63. The first-order valence-electron chi connectivity index (χ1n) is 3.62. The second-order valence-corrected chi connectivity index (χ2v) is 2.61. The van der Waals surface area contributed by atoms with Gasteiger partial charge in [0.1, 0.15) is 0 Å². The molecule has 0 atom stereocenters. The molecule has 0 saturated carbocycles. The van der Waals surface area contributed by atoms with Crippen LogP contribution < -0.4 is 22.1 Å². The summed E-state index contributed by atoms with van der Waals surface area (Å²) in [4.78, 5) is 34.3. The monoisotopic (exact) mass is 192 g/mol. The number of H-pyrrole nitrogens is 1. The van der Waals surface area contributed by atoms with Crippen molar-refractivity contribution in [1.29, 1.82) is 0 Å². The number of fused-ring (bicyclic) bond motifs is 1. The van der Waals surface area contributed by atoms with Crippen molar-refractivity contribution in [1.82, 2.24) is 9.55 Å². The van der Waals surface area contributed by atoms with Crippen molar-refractivity contribution in [3.05, 3.63) is 37.2 Å². The van der Waals surface area contributed by atoms with E-state index in [1.807, 2.05) is 4.98 Å². The van der Waals surface area contributed by atoms with Crippen LogP contribution in [0, 0.1) is 0 Å². The first kappa shape index (κ1) is 8.27. The second kappa shape index (κ2) is 2.57. The van der Waals surface area contributed by atoms with E-state index in [4.69, 9.17) is 5.53 Å². The zero-order chi connectivity index (χ0) is 10.3. The van der Waals surface area contributed by atoms with E-state index in [0.717, 1.165) is 4.57 Å². The molecule has 0 amide bonds. The van der Waals surface area contributed by atoms with Crippen molar-refractivity contribution < 1.29 is 4.79 Å². The molecule has 0 aromatic carbocycles. The van der Waals surface area contributed by atoms with Gasteiger partial charge in [0.25, 0.3) is 10.8 Å². The van der Waals surface area contributed by atoms with Gasteiger partial charge >= 0.3 is 17.2 Å². The predicted octanol–water partition coefficient (Wildman–Crippen LogP) is -3.09. The quantitative estimate of drug-likeness (QED) is 0.346. The zero-order valence-corrected chi connectivity index (χ0v) is 7.05. The Bertz CT molecular complexity index is 687. The highest BCUT2D eigenvalue weighted by Crippen LogP contribution is 1.75. The van der Waals surface area contributed by atoms with Gasteiger partial charge in [0.2, 0.25) is 0 Å². The highest BCUT2D eigenvalue weighted by molar-refractivity contribution is 5.77. The number of guanidine groups is 1. The van der Waals surface area contributed by atoms with Gasteiger partial charge < -0.3 is 10.3 Å². The lowest BCUT2D eigenvalue weighted by Crippen LogP contribution is -2.51. The lowest BCUT2D eigenvalue weighted by atomic mass is 10.6. The smallest absolute Gasteiger partial charge is 0.509 e. The molecule has 8 nitrogen and oxygen atoms in total. The van der Waals surface area contributed by atoms with E-state index < -0.39 is 11.2 Å².